The Hall–Kier alpha value is -9.11. The summed E-state index contributed by atoms with van der Waals surface area (Å²) in [6, 6.07) is 43.0. The molecule has 0 radical (unpaired) electrons. The third kappa shape index (κ3) is 14.9. The lowest BCUT2D eigenvalue weighted by Crippen LogP contribution is -2.44. The second kappa shape index (κ2) is 29.6. The lowest BCUT2D eigenvalue weighted by molar-refractivity contribution is -0.143. The van der Waals surface area contributed by atoms with Crippen LogP contribution in [-0.4, -0.2) is 192 Å². The maximum absolute atomic E-state index is 12.6. The van der Waals surface area contributed by atoms with E-state index in [-0.39, 0.29) is 71.4 Å². The number of aromatic nitrogens is 6. The van der Waals surface area contributed by atoms with E-state index < -0.39 is 17.9 Å². The van der Waals surface area contributed by atoms with Crippen molar-refractivity contribution in [1.82, 2.24) is 45.3 Å². The highest BCUT2D eigenvalue weighted by Gasteiger charge is 2.59. The summed E-state index contributed by atoms with van der Waals surface area (Å²) in [4.78, 5) is 77.2. The number of benzene rings is 6. The predicted octanol–water partition coefficient (Wildman–Crippen LogP) is 13.7. The average Bonchev–Trinajstić information content (AvgIpc) is 1.58. The summed E-state index contributed by atoms with van der Waals surface area (Å²) in [5.41, 5.74) is 12.3. The molecule has 3 aliphatic carbocycles. The van der Waals surface area contributed by atoms with Crippen molar-refractivity contribution < 1.29 is 67.6 Å². The minimum Gasteiger partial charge on any atom is -0.476 e. The number of halogens is 1. The van der Waals surface area contributed by atoms with Gasteiger partial charge in [0.25, 0.3) is 17.7 Å². The highest BCUT2D eigenvalue weighted by molar-refractivity contribution is 9.10. The largest absolute Gasteiger partial charge is 0.494 e. The van der Waals surface area contributed by atoms with Crippen molar-refractivity contribution in [1.29, 1.82) is 0 Å². The Kier molecular flexibility index (Phi) is 20.1. The summed E-state index contributed by atoms with van der Waals surface area (Å²) >= 11 is 3.28. The smallest absolute Gasteiger partial charge is 0.476 e. The molecule has 9 aromatic rings. The number of likely N-dealkylation sites (tertiary alicyclic amines) is 3. The molecule has 568 valence electrons. The Morgan fingerprint density at radius 1 is 0.422 bits per heavy atom. The zero-order valence-corrected chi connectivity index (χ0v) is 63.6. The fraction of sp³-hybridized carbons (Fsp3) is 0.464. The van der Waals surface area contributed by atoms with E-state index in [1.54, 1.807) is 18.2 Å². The van der Waals surface area contributed by atoms with E-state index in [9.17, 15) is 39.0 Å². The Morgan fingerprint density at radius 2 is 0.725 bits per heavy atom. The summed E-state index contributed by atoms with van der Waals surface area (Å²) in [6.45, 7) is 15.6. The van der Waals surface area contributed by atoms with Crippen LogP contribution in [0.3, 0.4) is 0 Å². The zero-order valence-electron chi connectivity index (χ0n) is 62.0. The van der Waals surface area contributed by atoms with Crippen molar-refractivity contribution >= 4 is 96.8 Å². The van der Waals surface area contributed by atoms with Gasteiger partial charge in [0.1, 0.15) is 18.3 Å². The third-order valence-electron chi connectivity index (χ3n) is 25.8. The molecule has 25 heteroatoms. The fourth-order valence-electron chi connectivity index (χ4n) is 18.1. The Bertz CT molecular complexity index is 4710. The van der Waals surface area contributed by atoms with E-state index in [2.05, 4.69) is 147 Å². The number of aromatic carboxylic acids is 3. The van der Waals surface area contributed by atoms with Gasteiger partial charge in [0, 0.05) is 79.7 Å². The van der Waals surface area contributed by atoms with E-state index in [1.165, 1.54) is 36.0 Å². The zero-order chi connectivity index (χ0) is 75.7. The van der Waals surface area contributed by atoms with Gasteiger partial charge in [-0.25, -0.2) is 14.4 Å². The van der Waals surface area contributed by atoms with Gasteiger partial charge < -0.3 is 53.5 Å². The van der Waals surface area contributed by atoms with Crippen molar-refractivity contribution in [2.75, 3.05) is 59.1 Å². The van der Waals surface area contributed by atoms with Gasteiger partial charge in [-0.15, -0.1) is 0 Å². The molecular weight excluding hydrogens is 1450 g/mol. The van der Waals surface area contributed by atoms with Crippen molar-refractivity contribution in [3.8, 4) is 22.3 Å². The van der Waals surface area contributed by atoms with Crippen molar-refractivity contribution in [3.63, 3.8) is 0 Å². The number of rotatable bonds is 12. The molecule has 6 atom stereocenters. The Labute approximate surface area is 640 Å². The summed E-state index contributed by atoms with van der Waals surface area (Å²) in [5.74, 6) is -0.732. The number of piperidine rings is 3. The molecule has 10 fully saturated rings. The van der Waals surface area contributed by atoms with E-state index in [0.717, 1.165) is 166 Å². The van der Waals surface area contributed by atoms with Gasteiger partial charge in [0.15, 0.2) is 17.1 Å². The van der Waals surface area contributed by atoms with Gasteiger partial charge in [-0.3, -0.25) is 29.7 Å². The molecule has 19 rings (SSSR count). The van der Waals surface area contributed by atoms with E-state index in [0.29, 0.717) is 68.9 Å². The topological polar surface area (TPSA) is 305 Å². The number of fused-ring (bicyclic) bond motifs is 3. The van der Waals surface area contributed by atoms with Crippen LogP contribution >= 0.6 is 15.9 Å². The number of carboxylic acid groups (broad SMARTS) is 3. The maximum Gasteiger partial charge on any atom is 0.494 e. The molecule has 109 heavy (non-hydrogen) atoms. The van der Waals surface area contributed by atoms with E-state index in [4.69, 9.17) is 28.6 Å². The number of hydrogen-bond acceptors (Lipinski definition) is 14. The number of aromatic amines is 3. The van der Waals surface area contributed by atoms with Crippen LogP contribution in [-0.2, 0) is 37.9 Å². The number of carbonyl (C=O) groups excluding carboxylic acids is 3. The molecule has 10 aliphatic rings. The molecule has 7 aliphatic heterocycles. The SMILES string of the molecule is CC1(C)OB(c2ccc(C3CC34CCN(C(=O)[C@H]3CCCO3)CC4)cc2)OC1(C)C.O=C(O)c1n[nH]c2cc(-c3ccc([C@@H]4CC45CCN(C(=O)[C@H]4CCCO4)CC5)cc3)ccc12.O=C(O)c1n[nH]c2cc(-c3ccc([C@H]4CC45CCN(C(=O)[C@H]4CCCO4)CC5)cc3)ccc12.O=C(O)c1n[nH]c2cc(Br)ccc12. The highest BCUT2D eigenvalue weighted by atomic mass is 79.9. The summed E-state index contributed by atoms with van der Waals surface area (Å²) in [7, 11) is -0.302. The molecule has 3 aromatic heterocycles. The maximum atomic E-state index is 12.6. The molecule has 7 saturated heterocycles. The van der Waals surface area contributed by atoms with Crippen LogP contribution in [0.15, 0.2) is 132 Å². The van der Waals surface area contributed by atoms with Crippen molar-refractivity contribution in [2.45, 2.75) is 171 Å². The first-order valence-electron chi connectivity index (χ1n) is 38.6. The minimum atomic E-state index is -1.03. The highest BCUT2D eigenvalue weighted by Crippen LogP contribution is 2.67. The first-order valence-corrected chi connectivity index (χ1v) is 39.4. The normalized spacial score (nSPS) is 24.3. The number of H-pyrrole nitrogens is 3. The predicted molar refractivity (Wildman–Crippen MR) is 414 cm³/mol. The third-order valence-corrected chi connectivity index (χ3v) is 26.3. The van der Waals surface area contributed by atoms with E-state index >= 15 is 0 Å². The molecule has 1 unspecified atom stereocenters. The van der Waals surface area contributed by atoms with Crippen LogP contribution in [0.4, 0.5) is 0 Å². The van der Waals surface area contributed by atoms with Crippen LogP contribution in [0.2, 0.25) is 0 Å². The minimum absolute atomic E-state index is 0.0504. The number of carbonyl (C=O) groups is 6. The fourth-order valence-corrected chi connectivity index (χ4v) is 18.5. The Balaban J connectivity index is 0.000000115. The van der Waals surface area contributed by atoms with Crippen molar-refractivity contribution in [3.05, 3.63) is 166 Å². The van der Waals surface area contributed by atoms with Gasteiger partial charge in [-0.2, -0.15) is 15.3 Å². The number of hydrogen-bond donors (Lipinski definition) is 6. The van der Waals surface area contributed by atoms with Gasteiger partial charge in [0.2, 0.25) is 0 Å². The first-order chi connectivity index (χ1) is 52.5. The second-order valence-corrected chi connectivity index (χ2v) is 33.6. The number of nitrogens with one attached hydrogen (secondary N) is 3. The monoisotopic (exact) mass is 1540 g/mol. The standard InChI is InChI=1S/2C26H27N3O4.C24H34BNO4.C8H5BrN2O2/c2*30-24(22-2-1-13-33-22)29-11-9-26(10-12-29)15-20(26)17-5-3-16(4-6-17)18-7-8-19-21(14-18)27-28-23(19)25(31)32;1-22(2)23(3,4)30-25(29-22)18-9-7-17(8-10-18)19-16-24(19)11-13-26(14-12-24)21(27)20-6-5-15-28-20;9-4-1-2-5-6(3-4)10-11-7(5)8(12)13/h2*3-8,14,20,22H,1-2,9-13,15H2,(H,27,28)(H,31,32);7-10,19-20H,5-6,11-16H2,1-4H3;1-3H,(H,10,11)(H,12,13)/t20-,22+;20-,22-;19?,20-;/m011./s1. The number of amides is 3. The van der Waals surface area contributed by atoms with Gasteiger partial charge >= 0.3 is 25.0 Å². The molecular formula is C84H93BBrN9O14. The number of nitrogens with zero attached hydrogens (tertiary/aromatic N) is 6. The lowest BCUT2D eigenvalue weighted by Gasteiger charge is -2.34. The van der Waals surface area contributed by atoms with Crippen LogP contribution in [0, 0.1) is 16.2 Å². The van der Waals surface area contributed by atoms with Crippen LogP contribution in [0.25, 0.3) is 55.0 Å². The average molecular weight is 1540 g/mol. The summed E-state index contributed by atoms with van der Waals surface area (Å²) in [5, 5.41) is 48.9. The molecule has 3 saturated carbocycles. The summed E-state index contributed by atoms with van der Waals surface area (Å²) in [6.07, 6.45) is 15.1. The summed E-state index contributed by atoms with van der Waals surface area (Å²) < 4.78 is 30.0. The number of ether oxygens (including phenoxy) is 3. The van der Waals surface area contributed by atoms with Gasteiger partial charge in [-0.05, 0) is 245 Å². The number of carboxylic acids is 3. The first kappa shape index (κ1) is 74.0. The molecule has 3 amide bonds. The van der Waals surface area contributed by atoms with Gasteiger partial charge in [-0.1, -0.05) is 101 Å². The van der Waals surface area contributed by atoms with Crippen molar-refractivity contribution in [2.24, 2.45) is 16.2 Å². The van der Waals surface area contributed by atoms with Crippen LogP contribution in [0.5, 0.6) is 0 Å². The molecule has 0 bridgehead atoms. The van der Waals surface area contributed by atoms with Crippen LogP contribution < -0.4 is 5.46 Å². The Morgan fingerprint density at radius 3 is 1.04 bits per heavy atom. The molecule has 23 nitrogen and oxygen atoms in total. The van der Waals surface area contributed by atoms with Crippen LogP contribution in [0.1, 0.15) is 190 Å². The second-order valence-electron chi connectivity index (χ2n) is 32.7. The van der Waals surface area contributed by atoms with E-state index in [1.807, 2.05) is 51.1 Å². The molecule has 6 aromatic carbocycles. The molecule has 6 N–H and O–H groups in total. The quantitative estimate of drug-likeness (QED) is 0.0619. The molecule has 3 spiro atoms. The molecule has 10 heterocycles. The lowest BCUT2D eigenvalue weighted by atomic mass is 9.78. The van der Waals surface area contributed by atoms with Gasteiger partial charge in [0.05, 0.1) is 27.8 Å².